The van der Waals surface area contributed by atoms with Crippen LogP contribution >= 0.6 is 0 Å². The minimum Gasteiger partial charge on any atom is -0.465 e. The van der Waals surface area contributed by atoms with Crippen molar-refractivity contribution in [2.75, 3.05) is 19.7 Å². The molecule has 2 amide bonds. The van der Waals surface area contributed by atoms with Crippen LogP contribution in [0, 0.1) is 0 Å². The first-order valence-electron chi connectivity index (χ1n) is 4.23. The summed E-state index contributed by atoms with van der Waals surface area (Å²) in [6.07, 6.45) is 0. The molecule has 6 heteroatoms. The summed E-state index contributed by atoms with van der Waals surface area (Å²) in [5.74, 6) is -1.21. The van der Waals surface area contributed by atoms with Gasteiger partial charge in [0.05, 0.1) is 13.2 Å². The van der Waals surface area contributed by atoms with Gasteiger partial charge in [-0.2, -0.15) is 0 Å². The summed E-state index contributed by atoms with van der Waals surface area (Å²) in [4.78, 5) is 32.1. The third-order valence-corrected chi connectivity index (χ3v) is 1.23. The summed E-state index contributed by atoms with van der Waals surface area (Å²) in [5.41, 5.74) is 0. The maximum absolute atomic E-state index is 10.9. The van der Waals surface area contributed by atoms with Gasteiger partial charge in [0.1, 0.15) is 6.54 Å². The molecule has 0 rings (SSSR count). The number of hydrogen-bond acceptors (Lipinski definition) is 4. The number of hydrogen-bond donors (Lipinski definition) is 2. The Balaban J connectivity index is 3.53. The van der Waals surface area contributed by atoms with Crippen molar-refractivity contribution < 1.29 is 19.1 Å². The molecule has 0 aromatic heterocycles. The maximum atomic E-state index is 10.9. The molecule has 0 bridgehead atoms. The molecule has 2 N–H and O–H groups in total. The van der Waals surface area contributed by atoms with Crippen LogP contribution < -0.4 is 10.6 Å². The number of amides is 2. The van der Waals surface area contributed by atoms with Crippen LogP contribution in [0.25, 0.3) is 0 Å². The molecule has 0 atom stereocenters. The molecule has 0 spiro atoms. The molecule has 0 aliphatic rings. The standard InChI is InChI=1S/C8H14N2O4/c1-3-14-8(13)5-10-7(12)4-9-6(2)11/h3-5H2,1-2H3,(H,9,11)(H,10,12). The van der Waals surface area contributed by atoms with Crippen molar-refractivity contribution in [2.24, 2.45) is 0 Å². The molecule has 0 aliphatic heterocycles. The van der Waals surface area contributed by atoms with E-state index in [4.69, 9.17) is 0 Å². The van der Waals surface area contributed by atoms with Crippen LogP contribution in [0.2, 0.25) is 0 Å². The Kier molecular flexibility index (Phi) is 6.09. The Labute approximate surface area is 82.0 Å². The lowest BCUT2D eigenvalue weighted by molar-refractivity contribution is -0.143. The molecule has 14 heavy (non-hydrogen) atoms. The van der Waals surface area contributed by atoms with Gasteiger partial charge in [0.2, 0.25) is 11.8 Å². The SMILES string of the molecule is CCOC(=O)CNC(=O)CNC(C)=O. The van der Waals surface area contributed by atoms with E-state index >= 15 is 0 Å². The molecule has 0 fully saturated rings. The summed E-state index contributed by atoms with van der Waals surface area (Å²) >= 11 is 0. The van der Waals surface area contributed by atoms with Crippen molar-refractivity contribution in [3.8, 4) is 0 Å². The van der Waals surface area contributed by atoms with Gasteiger partial charge < -0.3 is 15.4 Å². The first kappa shape index (κ1) is 12.4. The largest absolute Gasteiger partial charge is 0.465 e. The van der Waals surface area contributed by atoms with Crippen molar-refractivity contribution in [3.63, 3.8) is 0 Å². The average molecular weight is 202 g/mol. The molecule has 0 radical (unpaired) electrons. The maximum Gasteiger partial charge on any atom is 0.325 e. The third-order valence-electron chi connectivity index (χ3n) is 1.23. The zero-order valence-electron chi connectivity index (χ0n) is 8.25. The minimum atomic E-state index is -0.497. The molecule has 0 aromatic carbocycles. The quantitative estimate of drug-likeness (QED) is 0.548. The van der Waals surface area contributed by atoms with E-state index in [1.54, 1.807) is 6.92 Å². The summed E-state index contributed by atoms with van der Waals surface area (Å²) in [6.45, 7) is 2.96. The smallest absolute Gasteiger partial charge is 0.325 e. The van der Waals surface area contributed by atoms with Gasteiger partial charge in [0.15, 0.2) is 0 Å². The van der Waals surface area contributed by atoms with Gasteiger partial charge in [0.25, 0.3) is 0 Å². The van der Waals surface area contributed by atoms with Crippen LogP contribution in [0.15, 0.2) is 0 Å². The monoisotopic (exact) mass is 202 g/mol. The van der Waals surface area contributed by atoms with Crippen molar-refractivity contribution in [1.29, 1.82) is 0 Å². The first-order chi connectivity index (χ1) is 6.56. The number of esters is 1. The van der Waals surface area contributed by atoms with E-state index in [0.29, 0.717) is 0 Å². The van der Waals surface area contributed by atoms with Crippen LogP contribution in [0.1, 0.15) is 13.8 Å². The summed E-state index contributed by atoms with van der Waals surface area (Å²) in [6, 6.07) is 0. The lowest BCUT2D eigenvalue weighted by Crippen LogP contribution is -2.38. The molecule has 0 unspecified atom stereocenters. The highest BCUT2D eigenvalue weighted by atomic mass is 16.5. The zero-order valence-corrected chi connectivity index (χ0v) is 8.25. The molecular weight excluding hydrogens is 188 g/mol. The Morgan fingerprint density at radius 3 is 2.29 bits per heavy atom. The van der Waals surface area contributed by atoms with Crippen molar-refractivity contribution in [1.82, 2.24) is 10.6 Å². The van der Waals surface area contributed by atoms with Gasteiger partial charge in [-0.3, -0.25) is 14.4 Å². The van der Waals surface area contributed by atoms with Gasteiger partial charge in [-0.05, 0) is 6.92 Å². The second-order valence-electron chi connectivity index (χ2n) is 2.49. The minimum absolute atomic E-state index is 0.130. The predicted octanol–water partition coefficient (Wildman–Crippen LogP) is -1.20. The highest BCUT2D eigenvalue weighted by Gasteiger charge is 2.05. The van der Waals surface area contributed by atoms with E-state index in [1.165, 1.54) is 6.92 Å². The molecule has 0 aromatic rings. The van der Waals surface area contributed by atoms with Crippen molar-refractivity contribution in [2.45, 2.75) is 13.8 Å². The van der Waals surface area contributed by atoms with Crippen molar-refractivity contribution in [3.05, 3.63) is 0 Å². The molecule has 0 saturated heterocycles. The first-order valence-corrected chi connectivity index (χ1v) is 4.23. The third kappa shape index (κ3) is 7.08. The normalized spacial score (nSPS) is 9.00. The second-order valence-corrected chi connectivity index (χ2v) is 2.49. The Morgan fingerprint density at radius 1 is 1.14 bits per heavy atom. The predicted molar refractivity (Wildman–Crippen MR) is 48.3 cm³/mol. The van der Waals surface area contributed by atoms with Crippen LogP contribution in [-0.4, -0.2) is 37.5 Å². The lowest BCUT2D eigenvalue weighted by atomic mass is 10.5. The highest BCUT2D eigenvalue weighted by Crippen LogP contribution is 1.75. The molecule has 0 saturated carbocycles. The van der Waals surface area contributed by atoms with Gasteiger partial charge in [-0.25, -0.2) is 0 Å². The van der Waals surface area contributed by atoms with Crippen molar-refractivity contribution >= 4 is 17.8 Å². The Hall–Kier alpha value is -1.59. The number of carbonyl (C=O) groups excluding carboxylic acids is 3. The topological polar surface area (TPSA) is 84.5 Å². The fourth-order valence-corrected chi connectivity index (χ4v) is 0.650. The van der Waals surface area contributed by atoms with E-state index in [0.717, 1.165) is 0 Å². The number of nitrogens with one attached hydrogen (secondary N) is 2. The van der Waals surface area contributed by atoms with Gasteiger partial charge in [-0.1, -0.05) is 0 Å². The average Bonchev–Trinajstić information content (AvgIpc) is 2.12. The van der Waals surface area contributed by atoms with Crippen LogP contribution in [0.4, 0.5) is 0 Å². The zero-order chi connectivity index (χ0) is 11.0. The highest BCUT2D eigenvalue weighted by molar-refractivity contribution is 5.86. The van der Waals surface area contributed by atoms with E-state index in [2.05, 4.69) is 15.4 Å². The summed E-state index contributed by atoms with van der Waals surface area (Å²) in [5, 5.41) is 4.59. The van der Waals surface area contributed by atoms with E-state index in [1.807, 2.05) is 0 Å². The second kappa shape index (κ2) is 6.88. The number of rotatable bonds is 5. The van der Waals surface area contributed by atoms with Crippen LogP contribution in [0.3, 0.4) is 0 Å². The summed E-state index contributed by atoms with van der Waals surface area (Å²) in [7, 11) is 0. The van der Waals surface area contributed by atoms with Crippen LogP contribution in [0.5, 0.6) is 0 Å². The fraction of sp³-hybridized carbons (Fsp3) is 0.625. The molecular formula is C8H14N2O4. The van der Waals surface area contributed by atoms with Gasteiger partial charge in [-0.15, -0.1) is 0 Å². The van der Waals surface area contributed by atoms with Crippen LogP contribution in [-0.2, 0) is 19.1 Å². The lowest BCUT2D eigenvalue weighted by Gasteiger charge is -2.04. The Bertz CT molecular complexity index is 227. The molecule has 0 heterocycles. The fourth-order valence-electron chi connectivity index (χ4n) is 0.650. The summed E-state index contributed by atoms with van der Waals surface area (Å²) < 4.78 is 4.58. The molecule has 80 valence electrons. The van der Waals surface area contributed by atoms with E-state index < -0.39 is 11.9 Å². The van der Waals surface area contributed by atoms with Gasteiger partial charge >= 0.3 is 5.97 Å². The molecule has 0 aliphatic carbocycles. The number of carbonyl (C=O) groups is 3. The van der Waals surface area contributed by atoms with E-state index in [-0.39, 0.29) is 25.6 Å². The van der Waals surface area contributed by atoms with Gasteiger partial charge in [0, 0.05) is 6.92 Å². The number of ether oxygens (including phenoxy) is 1. The Morgan fingerprint density at radius 2 is 1.79 bits per heavy atom. The molecule has 6 nitrogen and oxygen atoms in total. The van der Waals surface area contributed by atoms with E-state index in [9.17, 15) is 14.4 Å².